The molecular weight excluding hydrogens is 226 g/mol. The van der Waals surface area contributed by atoms with E-state index in [0.717, 1.165) is 11.4 Å². The highest BCUT2D eigenvalue weighted by molar-refractivity contribution is 5.55. The second-order valence-electron chi connectivity index (χ2n) is 4.83. The molecule has 0 spiro atoms. The van der Waals surface area contributed by atoms with Crippen molar-refractivity contribution in [1.29, 1.82) is 0 Å². The number of nitrogens with two attached hydrogens (primary N) is 1. The van der Waals surface area contributed by atoms with Crippen LogP contribution in [0.15, 0.2) is 24.7 Å². The maximum Gasteiger partial charge on any atom is 0.165 e. The van der Waals surface area contributed by atoms with Crippen LogP contribution in [0.2, 0.25) is 0 Å². The lowest BCUT2D eigenvalue weighted by molar-refractivity contribution is 0.355. The first-order chi connectivity index (χ1) is 8.84. The van der Waals surface area contributed by atoms with Gasteiger partial charge in [0.2, 0.25) is 0 Å². The minimum absolute atomic E-state index is 0.529. The molecule has 3 rings (SSSR count). The Labute approximate surface area is 106 Å². The highest BCUT2D eigenvalue weighted by Gasteiger charge is 2.19. The maximum atomic E-state index is 5.61. The summed E-state index contributed by atoms with van der Waals surface area (Å²) >= 11 is 0. The van der Waals surface area contributed by atoms with Crippen molar-refractivity contribution < 1.29 is 0 Å². The molecule has 0 atom stereocenters. The lowest BCUT2D eigenvalue weighted by Gasteiger charge is -2.23. The van der Waals surface area contributed by atoms with E-state index in [1.807, 2.05) is 12.4 Å². The highest BCUT2D eigenvalue weighted by atomic mass is 15.3. The van der Waals surface area contributed by atoms with E-state index >= 15 is 0 Å². The highest BCUT2D eigenvalue weighted by Crippen LogP contribution is 2.31. The van der Waals surface area contributed by atoms with Crippen LogP contribution in [0.3, 0.4) is 0 Å². The quantitative estimate of drug-likeness (QED) is 0.879. The van der Waals surface area contributed by atoms with Crippen molar-refractivity contribution >= 4 is 5.82 Å². The predicted octanol–water partition coefficient (Wildman–Crippen LogP) is 2.43. The Balaban J connectivity index is 1.93. The number of aromatic nitrogens is 4. The molecule has 1 aliphatic carbocycles. The van der Waals surface area contributed by atoms with E-state index in [0.29, 0.717) is 11.9 Å². The third-order valence-electron chi connectivity index (χ3n) is 3.59. The first kappa shape index (κ1) is 11.2. The van der Waals surface area contributed by atoms with Crippen molar-refractivity contribution in [3.8, 4) is 11.4 Å². The molecule has 0 unspecified atom stereocenters. The summed E-state index contributed by atoms with van der Waals surface area (Å²) in [5.41, 5.74) is 6.59. The van der Waals surface area contributed by atoms with Gasteiger partial charge in [0.15, 0.2) is 5.82 Å². The van der Waals surface area contributed by atoms with Crippen molar-refractivity contribution in [3.05, 3.63) is 24.7 Å². The van der Waals surface area contributed by atoms with Gasteiger partial charge < -0.3 is 10.3 Å². The van der Waals surface area contributed by atoms with Crippen LogP contribution in [-0.2, 0) is 0 Å². The molecule has 2 aromatic heterocycles. The lowest BCUT2D eigenvalue weighted by atomic mass is 9.95. The van der Waals surface area contributed by atoms with Crippen molar-refractivity contribution in [3.63, 3.8) is 0 Å². The van der Waals surface area contributed by atoms with Gasteiger partial charge >= 0.3 is 0 Å². The molecule has 5 nitrogen and oxygen atoms in total. The van der Waals surface area contributed by atoms with Gasteiger partial charge in [-0.3, -0.25) is 0 Å². The third kappa shape index (κ3) is 2.08. The van der Waals surface area contributed by atoms with Crippen LogP contribution < -0.4 is 5.73 Å². The van der Waals surface area contributed by atoms with Crippen LogP contribution in [0.25, 0.3) is 11.4 Å². The number of hydrogen-bond donors (Lipinski definition) is 1. The minimum Gasteiger partial charge on any atom is -0.384 e. The van der Waals surface area contributed by atoms with Crippen LogP contribution in [0.4, 0.5) is 5.82 Å². The number of nitrogen functional groups attached to an aromatic ring is 1. The fraction of sp³-hybridized carbons (Fsp3) is 0.462. The first-order valence-electron chi connectivity index (χ1n) is 6.46. The summed E-state index contributed by atoms with van der Waals surface area (Å²) in [7, 11) is 0. The first-order valence-corrected chi connectivity index (χ1v) is 6.46. The van der Waals surface area contributed by atoms with Crippen molar-refractivity contribution in [2.75, 3.05) is 5.73 Å². The average Bonchev–Trinajstić information content (AvgIpc) is 2.90. The zero-order chi connectivity index (χ0) is 12.4. The van der Waals surface area contributed by atoms with Gasteiger partial charge in [-0.25, -0.2) is 4.98 Å². The summed E-state index contributed by atoms with van der Waals surface area (Å²) in [5.74, 6) is 1.43. The summed E-state index contributed by atoms with van der Waals surface area (Å²) in [5, 5.41) is 8.27. The van der Waals surface area contributed by atoms with E-state index < -0.39 is 0 Å². The topological polar surface area (TPSA) is 69.6 Å². The summed E-state index contributed by atoms with van der Waals surface area (Å²) in [4.78, 5) is 4.12. The van der Waals surface area contributed by atoms with Crippen molar-refractivity contribution in [1.82, 2.24) is 19.7 Å². The van der Waals surface area contributed by atoms with Crippen LogP contribution in [0, 0.1) is 0 Å². The van der Waals surface area contributed by atoms with E-state index in [1.165, 1.54) is 32.1 Å². The van der Waals surface area contributed by atoms with Gasteiger partial charge in [0.05, 0.1) is 0 Å². The Bertz CT molecular complexity index is 510. The number of pyridine rings is 1. The molecule has 0 bridgehead atoms. The van der Waals surface area contributed by atoms with Gasteiger partial charge in [0, 0.05) is 17.8 Å². The van der Waals surface area contributed by atoms with Gasteiger partial charge in [-0.05, 0) is 25.0 Å². The van der Waals surface area contributed by atoms with E-state index in [9.17, 15) is 0 Å². The molecule has 0 amide bonds. The standard InChI is InChI=1S/C13H17N5/c14-12-7-6-10(8-15-12)13-17-16-9-18(13)11-4-2-1-3-5-11/h6-9,11H,1-5H2,(H2,14,15). The maximum absolute atomic E-state index is 5.61. The van der Waals surface area contributed by atoms with Crippen molar-refractivity contribution in [2.24, 2.45) is 0 Å². The molecule has 94 valence electrons. The van der Waals surface area contributed by atoms with E-state index in [-0.39, 0.29) is 0 Å². The monoisotopic (exact) mass is 243 g/mol. The molecule has 2 aromatic rings. The SMILES string of the molecule is Nc1ccc(-c2nncn2C2CCCCC2)cn1. The van der Waals surface area contributed by atoms with E-state index in [2.05, 4.69) is 19.7 Å². The van der Waals surface area contributed by atoms with E-state index in [1.54, 1.807) is 12.3 Å². The predicted molar refractivity (Wildman–Crippen MR) is 69.8 cm³/mol. The zero-order valence-electron chi connectivity index (χ0n) is 10.3. The van der Waals surface area contributed by atoms with Crippen LogP contribution in [-0.4, -0.2) is 19.7 Å². The Morgan fingerprint density at radius 3 is 2.72 bits per heavy atom. The van der Waals surface area contributed by atoms with Crippen LogP contribution >= 0.6 is 0 Å². The Hall–Kier alpha value is -1.91. The average molecular weight is 243 g/mol. The molecule has 0 saturated heterocycles. The number of anilines is 1. The van der Waals surface area contributed by atoms with Gasteiger partial charge in [-0.2, -0.15) is 0 Å². The summed E-state index contributed by atoms with van der Waals surface area (Å²) in [6.07, 6.45) is 9.96. The molecule has 0 aliphatic heterocycles. The Kier molecular flexibility index (Phi) is 2.96. The summed E-state index contributed by atoms with van der Waals surface area (Å²) in [6, 6.07) is 4.28. The minimum atomic E-state index is 0.529. The summed E-state index contributed by atoms with van der Waals surface area (Å²) in [6.45, 7) is 0. The normalized spacial score (nSPS) is 16.9. The molecule has 5 heteroatoms. The lowest BCUT2D eigenvalue weighted by Crippen LogP contribution is -2.13. The molecule has 1 saturated carbocycles. The number of hydrogen-bond acceptors (Lipinski definition) is 4. The second kappa shape index (κ2) is 4.76. The number of rotatable bonds is 2. The second-order valence-corrected chi connectivity index (χ2v) is 4.83. The smallest absolute Gasteiger partial charge is 0.165 e. The fourth-order valence-electron chi connectivity index (χ4n) is 2.61. The Morgan fingerprint density at radius 1 is 1.17 bits per heavy atom. The van der Waals surface area contributed by atoms with Gasteiger partial charge in [0.1, 0.15) is 12.1 Å². The largest absolute Gasteiger partial charge is 0.384 e. The van der Waals surface area contributed by atoms with Gasteiger partial charge in [-0.15, -0.1) is 10.2 Å². The molecule has 1 fully saturated rings. The summed E-state index contributed by atoms with van der Waals surface area (Å²) < 4.78 is 2.19. The zero-order valence-corrected chi connectivity index (χ0v) is 10.3. The van der Waals surface area contributed by atoms with Crippen LogP contribution in [0.1, 0.15) is 38.1 Å². The molecule has 2 N–H and O–H groups in total. The molecule has 18 heavy (non-hydrogen) atoms. The molecule has 2 heterocycles. The fourth-order valence-corrected chi connectivity index (χ4v) is 2.61. The third-order valence-corrected chi connectivity index (χ3v) is 3.59. The van der Waals surface area contributed by atoms with Crippen molar-refractivity contribution in [2.45, 2.75) is 38.1 Å². The molecule has 1 aliphatic rings. The van der Waals surface area contributed by atoms with Gasteiger partial charge in [-0.1, -0.05) is 19.3 Å². The molecular formula is C13H17N5. The van der Waals surface area contributed by atoms with E-state index in [4.69, 9.17) is 5.73 Å². The Morgan fingerprint density at radius 2 is 2.00 bits per heavy atom. The van der Waals surface area contributed by atoms with Crippen LogP contribution in [0.5, 0.6) is 0 Å². The molecule has 0 aromatic carbocycles. The number of nitrogens with zero attached hydrogens (tertiary/aromatic N) is 4. The molecule has 0 radical (unpaired) electrons. The van der Waals surface area contributed by atoms with Gasteiger partial charge in [0.25, 0.3) is 0 Å².